The van der Waals surface area contributed by atoms with Crippen molar-refractivity contribution in [3.8, 4) is 0 Å². The fourth-order valence-corrected chi connectivity index (χ4v) is 8.93. The van der Waals surface area contributed by atoms with E-state index >= 15 is 0 Å². The van der Waals surface area contributed by atoms with Gasteiger partial charge in [0.1, 0.15) is 36.3 Å². The summed E-state index contributed by atoms with van der Waals surface area (Å²) < 4.78 is 41.7. The summed E-state index contributed by atoms with van der Waals surface area (Å²) in [7, 11) is 0. The number of nitrogen functional groups attached to an aromatic ring is 2. The highest BCUT2D eigenvalue weighted by Gasteiger charge is 2.44. The Labute approximate surface area is 283 Å². The van der Waals surface area contributed by atoms with E-state index in [-0.39, 0.29) is 24.5 Å². The molecule has 2 saturated heterocycles. The fourth-order valence-electron chi connectivity index (χ4n) is 4.63. The molecule has 25 heteroatoms. The van der Waals surface area contributed by atoms with Gasteiger partial charge in [-0.1, -0.05) is 0 Å². The molecule has 4 unspecified atom stereocenters. The molecule has 0 aromatic carbocycles. The maximum Gasteiger partial charge on any atom is 0.351 e. The Morgan fingerprint density at radius 3 is 1.66 bits per heavy atom. The second-order valence-corrected chi connectivity index (χ2v) is 19.5. The number of rotatable bonds is 13. The molecule has 0 spiro atoms. The van der Waals surface area contributed by atoms with Gasteiger partial charge in [0.05, 0.1) is 31.0 Å². The van der Waals surface area contributed by atoms with E-state index in [1.54, 1.807) is 20.8 Å². The molecule has 4 heterocycles. The van der Waals surface area contributed by atoms with Gasteiger partial charge in [0.15, 0.2) is 0 Å². The minimum Gasteiger partial charge on any atom is -0.383 e. The lowest BCUT2D eigenvalue weighted by atomic mass is 10.2. The minimum atomic E-state index is -4.16. The van der Waals surface area contributed by atoms with Crippen LogP contribution < -0.4 is 22.8 Å². The first kappa shape index (κ1) is 38.7. The van der Waals surface area contributed by atoms with Gasteiger partial charge in [-0.15, -0.1) is 0 Å². The van der Waals surface area contributed by atoms with Crippen molar-refractivity contribution in [1.82, 2.24) is 19.1 Å². The number of nitrogens with two attached hydrogens (primary N) is 2. The molecular weight excluding hydrogens is 745 g/mol. The number of anilines is 2. The summed E-state index contributed by atoms with van der Waals surface area (Å²) in [4.78, 5) is 73.3. The van der Waals surface area contributed by atoms with Gasteiger partial charge >= 0.3 is 31.5 Å². The summed E-state index contributed by atoms with van der Waals surface area (Å²) in [5.41, 5.74) is 8.86. The Hall–Kier alpha value is -1.13. The quantitative estimate of drug-likeness (QED) is 0.151. The van der Waals surface area contributed by atoms with Crippen LogP contribution in [0.15, 0.2) is 34.1 Å². The first-order valence-electron chi connectivity index (χ1n) is 13.7. The number of aromatic nitrogens is 4. The van der Waals surface area contributed by atoms with Crippen LogP contribution in [-0.2, 0) is 67.5 Å². The number of hydrogen-bond acceptors (Lipinski definition) is 16. The third-order valence-corrected chi connectivity index (χ3v) is 10.6. The fraction of sp³-hybridized carbons (Fsp3) is 0.636. The van der Waals surface area contributed by atoms with Crippen molar-refractivity contribution in [3.63, 3.8) is 0 Å². The first-order chi connectivity index (χ1) is 21.6. The molecule has 0 saturated carbocycles. The SMILES string of the molecule is CC(C)(C)OP(O)(=S)OC1C[C@H](n2ccc(N)nc2=O)O[C@H]1COP(O)(=S)OC1C[C@H](n2ccc(N)nc2=O)O[C@H]1COP(O)(O)=S. The van der Waals surface area contributed by atoms with Crippen molar-refractivity contribution in [2.45, 2.75) is 76.1 Å². The van der Waals surface area contributed by atoms with Crippen LogP contribution in [0.25, 0.3) is 0 Å². The topological polar surface area (TPSA) is 267 Å². The van der Waals surface area contributed by atoms with Crippen molar-refractivity contribution < 1.29 is 51.7 Å². The van der Waals surface area contributed by atoms with Crippen LogP contribution in [0.1, 0.15) is 46.1 Å². The molecule has 4 rings (SSSR count). The van der Waals surface area contributed by atoms with Gasteiger partial charge < -0.3 is 63.1 Å². The van der Waals surface area contributed by atoms with E-state index in [1.165, 1.54) is 24.5 Å². The van der Waals surface area contributed by atoms with Gasteiger partial charge in [-0.2, -0.15) is 9.97 Å². The Balaban J connectivity index is 1.51. The Kier molecular flexibility index (Phi) is 12.3. The van der Waals surface area contributed by atoms with Crippen LogP contribution in [0.2, 0.25) is 0 Å². The normalized spacial score (nSPS) is 27.8. The number of hydrogen-bond donors (Lipinski definition) is 6. The van der Waals surface area contributed by atoms with E-state index in [2.05, 4.69) is 21.8 Å². The predicted octanol–water partition coefficient (Wildman–Crippen LogP) is 0.501. The lowest BCUT2D eigenvalue weighted by molar-refractivity contribution is -0.0515. The van der Waals surface area contributed by atoms with Crippen LogP contribution in [0, 0.1) is 0 Å². The predicted molar refractivity (Wildman–Crippen MR) is 177 cm³/mol. The van der Waals surface area contributed by atoms with Gasteiger partial charge in [0.25, 0.3) is 0 Å². The van der Waals surface area contributed by atoms with Gasteiger partial charge in [0.2, 0.25) is 0 Å². The monoisotopic (exact) mass is 780 g/mol. The molecule has 0 bridgehead atoms. The Morgan fingerprint density at radius 2 is 1.26 bits per heavy atom. The molecule has 8 N–H and O–H groups in total. The highest BCUT2D eigenvalue weighted by atomic mass is 32.5. The third-order valence-electron chi connectivity index (χ3n) is 6.42. The average molecular weight is 781 g/mol. The summed E-state index contributed by atoms with van der Waals surface area (Å²) in [6, 6.07) is 2.76. The van der Waals surface area contributed by atoms with Crippen molar-refractivity contribution in [1.29, 1.82) is 0 Å². The van der Waals surface area contributed by atoms with Crippen molar-refractivity contribution in [3.05, 3.63) is 45.5 Å². The van der Waals surface area contributed by atoms with Gasteiger partial charge in [0, 0.05) is 25.2 Å². The zero-order valence-corrected chi connectivity index (χ0v) is 30.2. The molecule has 0 amide bonds. The standard InChI is InChI=1S/C22H35N6O13P3S3/c1-22(2,3)41-44(34,47)40-13-9-19(28-7-5-17(24)26-21(28)30)38-15(13)11-36-43(33,46)39-12-8-18(27-6-4-16(23)25-20(27)29)37-14(12)10-35-42(31,32)45/h4-7,12-15,18-19H,8-11H2,1-3H3,(H,33,46)(H,34,47)(H2,23,25,29)(H2,24,26,30)(H2,31,32,45)/t12?,13?,14-,15-,18+,19+,43?,44?/m0/s1. The maximum absolute atomic E-state index is 12.5. The zero-order chi connectivity index (χ0) is 34.9. The molecule has 2 aromatic rings. The molecule has 2 aromatic heterocycles. The zero-order valence-electron chi connectivity index (χ0n) is 25.1. The molecule has 264 valence electrons. The van der Waals surface area contributed by atoms with Crippen LogP contribution in [0.5, 0.6) is 0 Å². The second kappa shape index (κ2) is 15.0. The molecule has 8 atom stereocenters. The van der Waals surface area contributed by atoms with Crippen LogP contribution in [-0.4, -0.2) is 81.9 Å². The highest BCUT2D eigenvalue weighted by Crippen LogP contribution is 2.53. The number of ether oxygens (including phenoxy) is 2. The molecule has 19 nitrogen and oxygen atoms in total. The Morgan fingerprint density at radius 1 is 0.830 bits per heavy atom. The lowest BCUT2D eigenvalue weighted by Crippen LogP contribution is -2.31. The maximum atomic E-state index is 12.5. The van der Waals surface area contributed by atoms with E-state index in [1.807, 2.05) is 0 Å². The van der Waals surface area contributed by atoms with E-state index in [0.717, 1.165) is 9.13 Å². The largest absolute Gasteiger partial charge is 0.383 e. The molecule has 0 radical (unpaired) electrons. The van der Waals surface area contributed by atoms with E-state index in [4.69, 9.17) is 67.2 Å². The first-order valence-corrected chi connectivity index (χ1v) is 21.5. The summed E-state index contributed by atoms with van der Waals surface area (Å²) in [5, 5.41) is 0. The summed E-state index contributed by atoms with van der Waals surface area (Å²) in [6.07, 6.45) is -3.64. The third kappa shape index (κ3) is 11.4. The summed E-state index contributed by atoms with van der Waals surface area (Å²) in [6.45, 7) is -8.08. The van der Waals surface area contributed by atoms with E-state index < -0.39 is 87.2 Å². The van der Waals surface area contributed by atoms with Gasteiger partial charge in [-0.05, 0) is 68.3 Å². The molecule has 2 aliphatic rings. The van der Waals surface area contributed by atoms with E-state index in [9.17, 15) is 29.2 Å². The van der Waals surface area contributed by atoms with E-state index in [0.29, 0.717) is 0 Å². The molecule has 47 heavy (non-hydrogen) atoms. The molecule has 2 aliphatic heterocycles. The van der Waals surface area contributed by atoms with Crippen molar-refractivity contribution >= 4 is 67.2 Å². The smallest absolute Gasteiger partial charge is 0.351 e. The summed E-state index contributed by atoms with van der Waals surface area (Å²) >= 11 is 15.0. The van der Waals surface area contributed by atoms with Crippen LogP contribution in [0.3, 0.4) is 0 Å². The minimum absolute atomic E-state index is 0.00268. The van der Waals surface area contributed by atoms with Gasteiger partial charge in [-0.25, -0.2) is 9.59 Å². The van der Waals surface area contributed by atoms with Crippen molar-refractivity contribution in [2.24, 2.45) is 0 Å². The number of nitrogens with zero attached hydrogens (tertiary/aromatic N) is 4. The Bertz CT molecular complexity index is 1700. The van der Waals surface area contributed by atoms with Crippen LogP contribution >= 0.6 is 20.2 Å². The molecule has 0 aliphatic carbocycles. The average Bonchev–Trinajstić information content (AvgIpc) is 3.47. The lowest BCUT2D eigenvalue weighted by Gasteiger charge is -2.29. The van der Waals surface area contributed by atoms with Crippen molar-refractivity contribution in [2.75, 3.05) is 24.7 Å². The highest BCUT2D eigenvalue weighted by molar-refractivity contribution is 8.07. The molecular formula is C22H35N6O13P3S3. The van der Waals surface area contributed by atoms with Crippen LogP contribution in [0.4, 0.5) is 11.6 Å². The second-order valence-electron chi connectivity index (χ2n) is 11.3. The molecule has 2 fully saturated rings. The summed E-state index contributed by atoms with van der Waals surface area (Å²) in [5.74, 6) is -0.0210. The van der Waals surface area contributed by atoms with Gasteiger partial charge in [-0.3, -0.25) is 9.13 Å².